The number of anilines is 1. The second-order valence-electron chi connectivity index (χ2n) is 3.69. The molecule has 0 aliphatic rings. The average Bonchev–Trinajstić information content (AvgIpc) is 2.28. The number of thioether (sulfide) groups is 1. The number of nitrogens with one attached hydrogen (secondary N) is 1. The summed E-state index contributed by atoms with van der Waals surface area (Å²) >= 11 is 0.168. The van der Waals surface area contributed by atoms with Crippen molar-refractivity contribution in [1.82, 2.24) is 0 Å². The molecule has 0 saturated heterocycles. The Balaban J connectivity index is 2.81. The highest BCUT2D eigenvalue weighted by Gasteiger charge is 2.44. The fourth-order valence-corrected chi connectivity index (χ4v) is 1.98. The number of halogens is 5. The topological polar surface area (TPSA) is 49.3 Å². The van der Waals surface area contributed by atoms with Gasteiger partial charge in [-0.15, -0.1) is 0 Å². The molecule has 0 heterocycles. The molecule has 3 nitrogen and oxygen atoms in total. The molecule has 0 aromatic heterocycles. The largest absolute Gasteiger partial charge is 0.481 e. The summed E-state index contributed by atoms with van der Waals surface area (Å²) < 4.78 is 61.9. The van der Waals surface area contributed by atoms with Crippen LogP contribution in [-0.4, -0.2) is 29.6 Å². The molecule has 0 saturated carbocycles. The quantitative estimate of drug-likeness (QED) is 0.621. The van der Waals surface area contributed by atoms with Crippen molar-refractivity contribution in [3.8, 4) is 0 Å². The summed E-state index contributed by atoms with van der Waals surface area (Å²) in [5.41, 5.74) is 0.0355. The van der Waals surface area contributed by atoms with Crippen molar-refractivity contribution in [1.29, 1.82) is 0 Å². The van der Waals surface area contributed by atoms with Gasteiger partial charge in [-0.2, -0.15) is 22.0 Å². The maximum Gasteiger partial charge on any atom is 0.403 e. The van der Waals surface area contributed by atoms with Gasteiger partial charge < -0.3 is 10.4 Å². The Morgan fingerprint density at radius 3 is 2.40 bits per heavy atom. The van der Waals surface area contributed by atoms with E-state index < -0.39 is 30.4 Å². The molecule has 0 aliphatic heterocycles. The molecule has 20 heavy (non-hydrogen) atoms. The Hall–Kier alpha value is -1.51. The van der Waals surface area contributed by atoms with Gasteiger partial charge in [0, 0.05) is 17.1 Å². The molecule has 0 amide bonds. The zero-order valence-electron chi connectivity index (χ0n) is 9.82. The molecule has 1 aromatic carbocycles. The number of carbonyl (C=O) groups is 1. The van der Waals surface area contributed by atoms with E-state index in [4.69, 9.17) is 5.11 Å². The Labute approximate surface area is 115 Å². The van der Waals surface area contributed by atoms with Crippen molar-refractivity contribution in [3.05, 3.63) is 24.3 Å². The number of hydrogen-bond acceptors (Lipinski definition) is 3. The van der Waals surface area contributed by atoms with Gasteiger partial charge in [0.05, 0.1) is 0 Å². The molecule has 1 rings (SSSR count). The molecular weight excluding hydrogens is 305 g/mol. The van der Waals surface area contributed by atoms with Crippen molar-refractivity contribution in [2.24, 2.45) is 5.92 Å². The summed E-state index contributed by atoms with van der Waals surface area (Å²) in [5, 5.41) is 10.8. The first-order valence-corrected chi connectivity index (χ1v) is 6.17. The lowest BCUT2D eigenvalue weighted by atomic mass is 10.1. The number of benzene rings is 1. The Kier molecular flexibility index (Phi) is 5.61. The van der Waals surface area contributed by atoms with E-state index in [1.165, 1.54) is 24.3 Å². The van der Waals surface area contributed by atoms with Gasteiger partial charge in [0.15, 0.2) is 5.92 Å². The minimum atomic E-state index is -4.91. The van der Waals surface area contributed by atoms with Gasteiger partial charge in [-0.1, -0.05) is 23.9 Å². The van der Waals surface area contributed by atoms with Crippen LogP contribution in [0.2, 0.25) is 0 Å². The zero-order valence-corrected chi connectivity index (χ0v) is 10.6. The first kappa shape index (κ1) is 16.5. The van der Waals surface area contributed by atoms with Crippen LogP contribution < -0.4 is 5.32 Å². The van der Waals surface area contributed by atoms with Crippen LogP contribution in [0.1, 0.15) is 0 Å². The van der Waals surface area contributed by atoms with E-state index >= 15 is 0 Å². The van der Waals surface area contributed by atoms with Gasteiger partial charge in [-0.25, -0.2) is 0 Å². The highest BCUT2D eigenvalue weighted by molar-refractivity contribution is 7.99. The zero-order chi connectivity index (χ0) is 15.3. The minimum absolute atomic E-state index is 0.0355. The van der Waals surface area contributed by atoms with E-state index in [-0.39, 0.29) is 22.3 Å². The molecular formula is C11H10F5NO2S. The molecule has 1 aromatic rings. The lowest BCUT2D eigenvalue weighted by Gasteiger charge is -2.18. The van der Waals surface area contributed by atoms with E-state index in [1.54, 1.807) is 0 Å². The van der Waals surface area contributed by atoms with Crippen LogP contribution in [0.25, 0.3) is 0 Å². The van der Waals surface area contributed by atoms with Crippen molar-refractivity contribution >= 4 is 23.4 Å². The highest BCUT2D eigenvalue weighted by Crippen LogP contribution is 2.33. The van der Waals surface area contributed by atoms with Crippen LogP contribution in [-0.2, 0) is 4.79 Å². The number of carboxylic acid groups (broad SMARTS) is 1. The summed E-state index contributed by atoms with van der Waals surface area (Å²) in [5.74, 6) is -7.35. The standard InChI is InChI=1S/C11H10F5NO2S/c12-10(13)20-8-4-2-1-3-7(8)17-5-6(9(18)19)11(14,15)16/h1-4,6,10,17H,5H2,(H,18,19). The first-order valence-electron chi connectivity index (χ1n) is 5.29. The molecule has 2 N–H and O–H groups in total. The molecule has 0 aliphatic carbocycles. The predicted octanol–water partition coefficient (Wildman–Crippen LogP) is 3.68. The maximum absolute atomic E-state index is 12.4. The van der Waals surface area contributed by atoms with Gasteiger partial charge in [-0.05, 0) is 12.1 Å². The molecule has 0 spiro atoms. The summed E-state index contributed by atoms with van der Waals surface area (Å²) in [6, 6.07) is 5.51. The van der Waals surface area contributed by atoms with Crippen LogP contribution in [0.15, 0.2) is 29.2 Å². The number of hydrogen-bond donors (Lipinski definition) is 2. The van der Waals surface area contributed by atoms with Gasteiger partial charge in [0.2, 0.25) is 0 Å². The monoisotopic (exact) mass is 315 g/mol. The molecule has 0 radical (unpaired) electrons. The Morgan fingerprint density at radius 1 is 1.30 bits per heavy atom. The van der Waals surface area contributed by atoms with Crippen LogP contribution in [0.5, 0.6) is 0 Å². The highest BCUT2D eigenvalue weighted by atomic mass is 32.2. The smallest absolute Gasteiger partial charge is 0.403 e. The number of aliphatic carboxylic acids is 1. The van der Waals surface area contributed by atoms with Crippen molar-refractivity contribution in [2.75, 3.05) is 11.9 Å². The average molecular weight is 315 g/mol. The number of para-hydroxylation sites is 1. The summed E-state index contributed by atoms with van der Waals surface area (Å²) in [4.78, 5) is 10.6. The van der Waals surface area contributed by atoms with Gasteiger partial charge in [0.25, 0.3) is 5.76 Å². The summed E-state index contributed by atoms with van der Waals surface area (Å²) in [6.45, 7) is -0.931. The number of alkyl halides is 5. The Morgan fingerprint density at radius 2 is 1.90 bits per heavy atom. The third-order valence-electron chi connectivity index (χ3n) is 2.29. The van der Waals surface area contributed by atoms with Crippen LogP contribution in [0, 0.1) is 5.92 Å². The van der Waals surface area contributed by atoms with Gasteiger partial charge in [0.1, 0.15) is 0 Å². The van der Waals surface area contributed by atoms with E-state index in [0.717, 1.165) is 0 Å². The lowest BCUT2D eigenvalue weighted by molar-refractivity contribution is -0.190. The molecule has 0 bridgehead atoms. The van der Waals surface area contributed by atoms with Crippen LogP contribution in [0.4, 0.5) is 27.6 Å². The van der Waals surface area contributed by atoms with E-state index in [2.05, 4.69) is 5.32 Å². The molecule has 1 unspecified atom stereocenters. The second-order valence-corrected chi connectivity index (χ2v) is 4.72. The summed E-state index contributed by atoms with van der Waals surface area (Å²) in [6.07, 6.45) is -4.91. The van der Waals surface area contributed by atoms with Crippen molar-refractivity contribution in [3.63, 3.8) is 0 Å². The van der Waals surface area contributed by atoms with Crippen LogP contribution in [0.3, 0.4) is 0 Å². The second kappa shape index (κ2) is 6.78. The van der Waals surface area contributed by atoms with Crippen LogP contribution >= 0.6 is 11.8 Å². The number of rotatable bonds is 6. The lowest BCUT2D eigenvalue weighted by Crippen LogP contribution is -2.36. The molecule has 0 fully saturated rings. The third kappa shape index (κ3) is 4.87. The SMILES string of the molecule is O=C(O)C(CNc1ccccc1SC(F)F)C(F)(F)F. The normalized spacial score (nSPS) is 13.3. The van der Waals surface area contributed by atoms with Gasteiger partial charge >= 0.3 is 12.1 Å². The predicted molar refractivity (Wildman–Crippen MR) is 64.0 cm³/mol. The number of carboxylic acids is 1. The van der Waals surface area contributed by atoms with Crippen molar-refractivity contribution < 1.29 is 31.9 Å². The molecule has 9 heteroatoms. The van der Waals surface area contributed by atoms with E-state index in [9.17, 15) is 26.7 Å². The maximum atomic E-state index is 12.4. The summed E-state index contributed by atoms with van der Waals surface area (Å²) in [7, 11) is 0. The van der Waals surface area contributed by atoms with E-state index in [1.807, 2.05) is 0 Å². The Bertz CT molecular complexity index is 466. The first-order chi connectivity index (χ1) is 9.21. The minimum Gasteiger partial charge on any atom is -0.481 e. The van der Waals surface area contributed by atoms with E-state index in [0.29, 0.717) is 0 Å². The fraction of sp³-hybridized carbons (Fsp3) is 0.364. The third-order valence-corrected chi connectivity index (χ3v) is 3.08. The molecule has 1 atom stereocenters. The van der Waals surface area contributed by atoms with Gasteiger partial charge in [-0.3, -0.25) is 4.79 Å². The molecule has 112 valence electrons. The fourth-order valence-electron chi connectivity index (χ4n) is 1.37. The van der Waals surface area contributed by atoms with Crippen molar-refractivity contribution in [2.45, 2.75) is 16.8 Å².